The van der Waals surface area contributed by atoms with Crippen LogP contribution in [0.25, 0.3) is 0 Å². The molecule has 7 heteroatoms. The van der Waals surface area contributed by atoms with Gasteiger partial charge < -0.3 is 4.90 Å². The van der Waals surface area contributed by atoms with Gasteiger partial charge in [-0.2, -0.15) is 0 Å². The lowest BCUT2D eigenvalue weighted by Crippen LogP contribution is -2.20. The van der Waals surface area contributed by atoms with Gasteiger partial charge in [0.25, 0.3) is 10.0 Å². The maximum Gasteiger partial charge on any atom is 0.263 e. The van der Waals surface area contributed by atoms with E-state index in [0.717, 1.165) is 37.3 Å². The zero-order valence-electron chi connectivity index (χ0n) is 14.9. The van der Waals surface area contributed by atoms with Crippen LogP contribution in [0.4, 0.5) is 11.6 Å². The Balaban J connectivity index is 1.74. The predicted octanol–water partition coefficient (Wildman–Crippen LogP) is 3.18. The molecule has 1 aliphatic heterocycles. The summed E-state index contributed by atoms with van der Waals surface area (Å²) in [5.41, 5.74) is 1.06. The average Bonchev–Trinajstić information content (AvgIpc) is 3.09. The molecule has 134 valence electrons. The number of hydrogen-bond donors (Lipinski definition) is 1. The van der Waals surface area contributed by atoms with Crippen molar-refractivity contribution in [1.82, 2.24) is 10.2 Å². The highest BCUT2D eigenvalue weighted by atomic mass is 32.2. The first-order valence-corrected chi connectivity index (χ1v) is 9.96. The molecule has 3 rings (SSSR count). The summed E-state index contributed by atoms with van der Waals surface area (Å²) in [4.78, 5) is 2.36. The molecule has 0 spiro atoms. The molecule has 1 fully saturated rings. The Kier molecular flexibility index (Phi) is 4.69. The van der Waals surface area contributed by atoms with Crippen molar-refractivity contribution in [3.8, 4) is 0 Å². The van der Waals surface area contributed by atoms with Crippen molar-refractivity contribution in [3.63, 3.8) is 0 Å². The molecule has 1 aliphatic rings. The predicted molar refractivity (Wildman–Crippen MR) is 99.4 cm³/mol. The highest BCUT2D eigenvalue weighted by molar-refractivity contribution is 7.92. The van der Waals surface area contributed by atoms with Gasteiger partial charge in [-0.1, -0.05) is 32.9 Å². The lowest BCUT2D eigenvalue weighted by molar-refractivity contribution is 0.587. The fraction of sp³-hybridized carbons (Fsp3) is 0.444. The minimum Gasteiger partial charge on any atom is -0.355 e. The molecule has 1 aromatic carbocycles. The van der Waals surface area contributed by atoms with E-state index in [9.17, 15) is 8.42 Å². The maximum absolute atomic E-state index is 12.5. The first-order chi connectivity index (χ1) is 11.8. The Hall–Kier alpha value is -2.15. The van der Waals surface area contributed by atoms with Gasteiger partial charge in [0.2, 0.25) is 0 Å². The van der Waals surface area contributed by atoms with Crippen molar-refractivity contribution in [2.24, 2.45) is 0 Å². The summed E-state index contributed by atoms with van der Waals surface area (Å²) in [6.45, 7) is 8.21. The van der Waals surface area contributed by atoms with Gasteiger partial charge in [-0.05, 0) is 48.1 Å². The van der Waals surface area contributed by atoms with E-state index >= 15 is 0 Å². The van der Waals surface area contributed by atoms with Crippen molar-refractivity contribution in [3.05, 3.63) is 42.0 Å². The Morgan fingerprint density at radius 1 is 0.960 bits per heavy atom. The van der Waals surface area contributed by atoms with E-state index < -0.39 is 10.0 Å². The summed E-state index contributed by atoms with van der Waals surface area (Å²) < 4.78 is 27.5. The first kappa shape index (κ1) is 17.7. The normalized spacial score (nSPS) is 15.4. The van der Waals surface area contributed by atoms with Gasteiger partial charge in [-0.25, -0.2) is 8.42 Å². The van der Waals surface area contributed by atoms with Crippen LogP contribution in [0.5, 0.6) is 0 Å². The molecular weight excluding hydrogens is 336 g/mol. The van der Waals surface area contributed by atoms with E-state index in [4.69, 9.17) is 0 Å². The summed E-state index contributed by atoms with van der Waals surface area (Å²) in [5, 5.41) is 8.14. The summed E-state index contributed by atoms with van der Waals surface area (Å²) in [6.07, 6.45) is 2.31. The molecule has 0 amide bonds. The molecule has 25 heavy (non-hydrogen) atoms. The fourth-order valence-electron chi connectivity index (χ4n) is 2.83. The Morgan fingerprint density at radius 2 is 1.60 bits per heavy atom. The van der Waals surface area contributed by atoms with Gasteiger partial charge in [0.15, 0.2) is 11.6 Å². The second kappa shape index (κ2) is 6.63. The molecule has 2 heterocycles. The molecular formula is C18H24N4O2S. The van der Waals surface area contributed by atoms with E-state index in [1.54, 1.807) is 24.3 Å². The number of benzene rings is 1. The van der Waals surface area contributed by atoms with Crippen molar-refractivity contribution < 1.29 is 8.42 Å². The average molecular weight is 360 g/mol. The molecule has 0 atom stereocenters. The molecule has 0 radical (unpaired) electrons. The van der Waals surface area contributed by atoms with Crippen LogP contribution in [0.3, 0.4) is 0 Å². The summed E-state index contributed by atoms with van der Waals surface area (Å²) in [5.74, 6) is 1.01. The van der Waals surface area contributed by atoms with E-state index in [2.05, 4.69) is 40.6 Å². The van der Waals surface area contributed by atoms with Crippen molar-refractivity contribution in [1.29, 1.82) is 0 Å². The number of rotatable bonds is 4. The lowest BCUT2D eigenvalue weighted by atomic mass is 9.87. The van der Waals surface area contributed by atoms with E-state index in [1.807, 2.05) is 12.1 Å². The molecule has 0 saturated carbocycles. The maximum atomic E-state index is 12.5. The van der Waals surface area contributed by atoms with E-state index in [-0.39, 0.29) is 16.1 Å². The lowest BCUT2D eigenvalue weighted by Gasteiger charge is -2.19. The minimum absolute atomic E-state index is 0.0212. The van der Waals surface area contributed by atoms with Crippen LogP contribution >= 0.6 is 0 Å². The van der Waals surface area contributed by atoms with Gasteiger partial charge in [0.1, 0.15) is 0 Å². The second-order valence-electron chi connectivity index (χ2n) is 7.35. The number of hydrogen-bond acceptors (Lipinski definition) is 5. The molecule has 1 N–H and O–H groups in total. The van der Waals surface area contributed by atoms with Crippen molar-refractivity contribution in [2.45, 2.75) is 43.9 Å². The second-order valence-corrected chi connectivity index (χ2v) is 9.03. The van der Waals surface area contributed by atoms with Crippen LogP contribution < -0.4 is 9.62 Å². The fourth-order valence-corrected chi connectivity index (χ4v) is 3.82. The Labute approximate surface area is 149 Å². The highest BCUT2D eigenvalue weighted by Gasteiger charge is 2.19. The standard InChI is InChI=1S/C18H24N4O2S/c1-18(2,3)14-6-8-15(9-7-14)25(23,24)21-16-10-11-17(20-19-16)22-12-4-5-13-22/h6-11H,4-5,12-13H2,1-3H3,(H,19,21). The van der Waals surface area contributed by atoms with Gasteiger partial charge in [0.05, 0.1) is 4.90 Å². The zero-order valence-corrected chi connectivity index (χ0v) is 15.7. The number of anilines is 2. The summed E-state index contributed by atoms with van der Waals surface area (Å²) in [6, 6.07) is 10.4. The molecule has 1 saturated heterocycles. The van der Waals surface area contributed by atoms with Gasteiger partial charge >= 0.3 is 0 Å². The SMILES string of the molecule is CC(C)(C)c1ccc(S(=O)(=O)Nc2ccc(N3CCCC3)nn2)cc1. The molecule has 0 aliphatic carbocycles. The molecule has 0 unspecified atom stereocenters. The van der Waals surface area contributed by atoms with E-state index in [0.29, 0.717) is 0 Å². The summed E-state index contributed by atoms with van der Waals surface area (Å²) in [7, 11) is -3.67. The topological polar surface area (TPSA) is 75.2 Å². The third-order valence-electron chi connectivity index (χ3n) is 4.35. The number of nitrogens with zero attached hydrogens (tertiary/aromatic N) is 3. The van der Waals surface area contributed by atoms with Crippen LogP contribution in [0, 0.1) is 0 Å². The minimum atomic E-state index is -3.67. The number of aromatic nitrogens is 2. The molecule has 6 nitrogen and oxygen atoms in total. The van der Waals surface area contributed by atoms with Crippen molar-refractivity contribution >= 4 is 21.7 Å². The quantitative estimate of drug-likeness (QED) is 0.906. The first-order valence-electron chi connectivity index (χ1n) is 8.48. The van der Waals surface area contributed by atoms with Crippen molar-refractivity contribution in [2.75, 3.05) is 22.7 Å². The largest absolute Gasteiger partial charge is 0.355 e. The van der Waals surface area contributed by atoms with Gasteiger partial charge in [-0.3, -0.25) is 4.72 Å². The van der Waals surface area contributed by atoms with Crippen LogP contribution in [-0.4, -0.2) is 31.7 Å². The summed E-state index contributed by atoms with van der Waals surface area (Å²) >= 11 is 0. The molecule has 1 aromatic heterocycles. The number of sulfonamides is 1. The third kappa shape index (κ3) is 4.10. The van der Waals surface area contributed by atoms with Crippen LogP contribution in [0.2, 0.25) is 0 Å². The van der Waals surface area contributed by atoms with Gasteiger partial charge in [-0.15, -0.1) is 10.2 Å². The van der Waals surface area contributed by atoms with Gasteiger partial charge in [0, 0.05) is 13.1 Å². The van der Waals surface area contributed by atoms with Crippen LogP contribution in [0.15, 0.2) is 41.3 Å². The smallest absolute Gasteiger partial charge is 0.263 e. The van der Waals surface area contributed by atoms with Crippen LogP contribution in [-0.2, 0) is 15.4 Å². The molecule has 2 aromatic rings. The Morgan fingerprint density at radius 3 is 2.12 bits per heavy atom. The highest BCUT2D eigenvalue weighted by Crippen LogP contribution is 2.24. The zero-order chi connectivity index (χ0) is 18.1. The van der Waals surface area contributed by atoms with Crippen LogP contribution in [0.1, 0.15) is 39.2 Å². The Bertz CT molecular complexity index is 819. The number of nitrogens with one attached hydrogen (secondary N) is 1. The third-order valence-corrected chi connectivity index (χ3v) is 5.72. The van der Waals surface area contributed by atoms with E-state index in [1.165, 1.54) is 0 Å². The molecule has 0 bridgehead atoms. The monoisotopic (exact) mass is 360 g/mol.